The lowest BCUT2D eigenvalue weighted by molar-refractivity contribution is -0.150. The van der Waals surface area contributed by atoms with E-state index in [4.69, 9.17) is 10.8 Å². The van der Waals surface area contributed by atoms with Crippen LogP contribution in [0.15, 0.2) is 0 Å². The molecule has 0 radical (unpaired) electrons. The fraction of sp³-hybridized carbons (Fsp3) is 0.800. The molecule has 2 unspecified atom stereocenters. The van der Waals surface area contributed by atoms with Gasteiger partial charge in [0.25, 0.3) is 0 Å². The van der Waals surface area contributed by atoms with Crippen LogP contribution in [0.4, 0.5) is 0 Å². The Morgan fingerprint density at radius 1 is 1.53 bits per heavy atom. The van der Waals surface area contributed by atoms with Crippen molar-refractivity contribution in [3.8, 4) is 0 Å². The Hall–Kier alpha value is -1.10. The van der Waals surface area contributed by atoms with Crippen LogP contribution in [0.2, 0.25) is 0 Å². The van der Waals surface area contributed by atoms with Gasteiger partial charge in [0.15, 0.2) is 0 Å². The van der Waals surface area contributed by atoms with Gasteiger partial charge in [-0.3, -0.25) is 4.79 Å². The van der Waals surface area contributed by atoms with Crippen LogP contribution >= 0.6 is 0 Å². The standard InChI is InChI=1S/C10H18N2O3/c1-6(8(13)14)12(3)9(15)10(2,11)7-4-5-7/h6-7H,4-5,11H2,1-3H3,(H,13,14). The molecule has 15 heavy (non-hydrogen) atoms. The van der Waals surface area contributed by atoms with Gasteiger partial charge in [0.1, 0.15) is 6.04 Å². The first-order valence-corrected chi connectivity index (χ1v) is 5.07. The monoisotopic (exact) mass is 214 g/mol. The number of likely N-dealkylation sites (N-methyl/N-ethyl adjacent to an activating group) is 1. The second-order valence-corrected chi connectivity index (χ2v) is 4.49. The van der Waals surface area contributed by atoms with E-state index in [2.05, 4.69) is 0 Å². The van der Waals surface area contributed by atoms with Crippen molar-refractivity contribution in [2.45, 2.75) is 38.3 Å². The number of carboxylic acids is 1. The van der Waals surface area contributed by atoms with Gasteiger partial charge in [0.05, 0.1) is 5.54 Å². The number of hydrogen-bond donors (Lipinski definition) is 2. The molecule has 5 heteroatoms. The summed E-state index contributed by atoms with van der Waals surface area (Å²) in [5.74, 6) is -1.11. The van der Waals surface area contributed by atoms with E-state index in [1.807, 2.05) is 0 Å². The van der Waals surface area contributed by atoms with Crippen molar-refractivity contribution in [3.05, 3.63) is 0 Å². The van der Waals surface area contributed by atoms with Crippen molar-refractivity contribution < 1.29 is 14.7 Å². The molecule has 3 N–H and O–H groups in total. The van der Waals surface area contributed by atoms with Crippen LogP contribution in [0.25, 0.3) is 0 Å². The third-order valence-corrected chi connectivity index (χ3v) is 3.14. The van der Waals surface area contributed by atoms with Crippen molar-refractivity contribution in [1.82, 2.24) is 4.90 Å². The van der Waals surface area contributed by atoms with Crippen molar-refractivity contribution >= 4 is 11.9 Å². The maximum Gasteiger partial charge on any atom is 0.326 e. The third kappa shape index (κ3) is 2.28. The number of hydrogen-bond acceptors (Lipinski definition) is 3. The van der Waals surface area contributed by atoms with Crippen molar-refractivity contribution in [2.75, 3.05) is 7.05 Å². The summed E-state index contributed by atoms with van der Waals surface area (Å²) in [6.07, 6.45) is 1.90. The molecule has 0 aromatic carbocycles. The molecule has 1 rings (SSSR count). The van der Waals surface area contributed by atoms with E-state index in [1.165, 1.54) is 18.9 Å². The van der Waals surface area contributed by atoms with Gasteiger partial charge >= 0.3 is 5.97 Å². The summed E-state index contributed by atoms with van der Waals surface area (Å²) in [7, 11) is 1.48. The highest BCUT2D eigenvalue weighted by atomic mass is 16.4. The highest BCUT2D eigenvalue weighted by molar-refractivity contribution is 5.89. The number of nitrogens with two attached hydrogens (primary N) is 1. The number of carbonyl (C=O) groups excluding carboxylic acids is 1. The van der Waals surface area contributed by atoms with E-state index in [1.54, 1.807) is 6.92 Å². The molecule has 1 saturated carbocycles. The lowest BCUT2D eigenvalue weighted by atomic mass is 9.95. The van der Waals surface area contributed by atoms with Crippen molar-refractivity contribution in [3.63, 3.8) is 0 Å². The maximum atomic E-state index is 11.9. The molecule has 0 aromatic rings. The first-order chi connectivity index (χ1) is 6.78. The Labute approximate surface area is 89.2 Å². The van der Waals surface area contributed by atoms with E-state index < -0.39 is 17.6 Å². The van der Waals surface area contributed by atoms with Crippen LogP contribution in [-0.2, 0) is 9.59 Å². The van der Waals surface area contributed by atoms with Gasteiger partial charge in [-0.15, -0.1) is 0 Å². The molecule has 1 aliphatic rings. The second-order valence-electron chi connectivity index (χ2n) is 4.49. The summed E-state index contributed by atoms with van der Waals surface area (Å²) >= 11 is 0. The number of carboxylic acid groups (broad SMARTS) is 1. The minimum absolute atomic E-state index is 0.202. The maximum absolute atomic E-state index is 11.9. The van der Waals surface area contributed by atoms with Gasteiger partial charge in [0.2, 0.25) is 5.91 Å². The average Bonchev–Trinajstić information content (AvgIpc) is 2.97. The number of amides is 1. The smallest absolute Gasteiger partial charge is 0.326 e. The van der Waals surface area contributed by atoms with Crippen LogP contribution < -0.4 is 5.73 Å². The molecular formula is C10H18N2O3. The molecule has 1 amide bonds. The Morgan fingerprint density at radius 2 is 2.00 bits per heavy atom. The highest BCUT2D eigenvalue weighted by Gasteiger charge is 2.46. The van der Waals surface area contributed by atoms with Gasteiger partial charge in [-0.25, -0.2) is 4.79 Å². The van der Waals surface area contributed by atoms with Crippen LogP contribution in [0.1, 0.15) is 26.7 Å². The van der Waals surface area contributed by atoms with Gasteiger partial charge in [0, 0.05) is 7.05 Å². The molecule has 2 atom stereocenters. The molecule has 86 valence electrons. The lowest BCUT2D eigenvalue weighted by Gasteiger charge is -2.31. The molecule has 1 aliphatic carbocycles. The highest BCUT2D eigenvalue weighted by Crippen LogP contribution is 2.38. The fourth-order valence-corrected chi connectivity index (χ4v) is 1.58. The topological polar surface area (TPSA) is 83.6 Å². The minimum Gasteiger partial charge on any atom is -0.480 e. The summed E-state index contributed by atoms with van der Waals surface area (Å²) in [5.41, 5.74) is 5.00. The molecular weight excluding hydrogens is 196 g/mol. The quantitative estimate of drug-likeness (QED) is 0.692. The van der Waals surface area contributed by atoms with Crippen molar-refractivity contribution in [2.24, 2.45) is 11.7 Å². The summed E-state index contributed by atoms with van der Waals surface area (Å²) in [6, 6.07) is -0.834. The molecule has 0 bridgehead atoms. The number of aliphatic carboxylic acids is 1. The summed E-state index contributed by atoms with van der Waals surface area (Å²) in [6.45, 7) is 3.15. The molecule has 0 aliphatic heterocycles. The normalized spacial score (nSPS) is 21.6. The fourth-order valence-electron chi connectivity index (χ4n) is 1.58. The van der Waals surface area contributed by atoms with Crippen LogP contribution in [-0.4, -0.2) is 40.5 Å². The average molecular weight is 214 g/mol. The van der Waals surface area contributed by atoms with E-state index in [-0.39, 0.29) is 11.8 Å². The molecule has 0 aromatic heterocycles. The minimum atomic E-state index is -1.02. The second kappa shape index (κ2) is 3.81. The molecule has 1 fully saturated rings. The zero-order chi connectivity index (χ0) is 11.8. The summed E-state index contributed by atoms with van der Waals surface area (Å²) in [5, 5.41) is 8.79. The summed E-state index contributed by atoms with van der Waals surface area (Å²) in [4.78, 5) is 23.9. The first-order valence-electron chi connectivity index (χ1n) is 5.07. The third-order valence-electron chi connectivity index (χ3n) is 3.14. The van der Waals surface area contributed by atoms with Gasteiger partial charge < -0.3 is 15.7 Å². The van der Waals surface area contributed by atoms with E-state index >= 15 is 0 Å². The van der Waals surface area contributed by atoms with E-state index in [9.17, 15) is 9.59 Å². The Morgan fingerprint density at radius 3 is 2.33 bits per heavy atom. The molecule has 5 nitrogen and oxygen atoms in total. The van der Waals surface area contributed by atoms with Crippen LogP contribution in [0, 0.1) is 5.92 Å². The van der Waals surface area contributed by atoms with Gasteiger partial charge in [-0.2, -0.15) is 0 Å². The Kier molecular flexibility index (Phi) is 3.04. The number of rotatable bonds is 4. The number of nitrogens with zero attached hydrogens (tertiary/aromatic N) is 1. The van der Waals surface area contributed by atoms with Crippen LogP contribution in [0.3, 0.4) is 0 Å². The Balaban J connectivity index is 2.70. The molecule has 0 heterocycles. The molecule has 0 spiro atoms. The lowest BCUT2D eigenvalue weighted by Crippen LogP contribution is -2.56. The SMILES string of the molecule is CC(C(=O)O)N(C)C(=O)C(C)(N)C1CC1. The predicted molar refractivity (Wildman–Crippen MR) is 55.2 cm³/mol. The molecule has 0 saturated heterocycles. The van der Waals surface area contributed by atoms with Crippen molar-refractivity contribution in [1.29, 1.82) is 0 Å². The largest absolute Gasteiger partial charge is 0.480 e. The zero-order valence-corrected chi connectivity index (χ0v) is 9.36. The van der Waals surface area contributed by atoms with E-state index in [0.717, 1.165) is 12.8 Å². The predicted octanol–water partition coefficient (Wildman–Crippen LogP) is 0.0453. The first kappa shape index (κ1) is 12.0. The summed E-state index contributed by atoms with van der Waals surface area (Å²) < 4.78 is 0. The van der Waals surface area contributed by atoms with E-state index in [0.29, 0.717) is 0 Å². The van der Waals surface area contributed by atoms with Crippen LogP contribution in [0.5, 0.6) is 0 Å². The Bertz CT molecular complexity index is 284. The van der Waals surface area contributed by atoms with Gasteiger partial charge in [-0.05, 0) is 32.6 Å². The van der Waals surface area contributed by atoms with Gasteiger partial charge in [-0.1, -0.05) is 0 Å². The zero-order valence-electron chi connectivity index (χ0n) is 9.36. The number of carbonyl (C=O) groups is 2.